The zero-order chi connectivity index (χ0) is 42.8. The van der Waals surface area contributed by atoms with Crippen molar-refractivity contribution >= 4 is 5.91 Å². The van der Waals surface area contributed by atoms with Gasteiger partial charge in [-0.25, -0.2) is 0 Å². The van der Waals surface area contributed by atoms with Crippen molar-refractivity contribution in [3.05, 3.63) is 12.2 Å². The van der Waals surface area contributed by atoms with Crippen molar-refractivity contribution in [2.75, 3.05) is 26.4 Å². The van der Waals surface area contributed by atoms with Crippen LogP contribution in [0.4, 0.5) is 0 Å². The third-order valence-corrected chi connectivity index (χ3v) is 10.8. The highest BCUT2D eigenvalue weighted by atomic mass is 16.8. The molecule has 0 aliphatic carbocycles. The van der Waals surface area contributed by atoms with E-state index in [2.05, 4.69) is 12.2 Å². The van der Waals surface area contributed by atoms with E-state index in [9.17, 15) is 61.0 Å². The lowest BCUT2D eigenvalue weighted by molar-refractivity contribution is -0.379. The van der Waals surface area contributed by atoms with Crippen LogP contribution in [0.25, 0.3) is 0 Å². The summed E-state index contributed by atoms with van der Waals surface area (Å²) in [5, 5.41) is 118. The molecule has 0 spiro atoms. The highest BCUT2D eigenvalue weighted by molar-refractivity contribution is 5.76. The molecule has 340 valence electrons. The number of nitrogens with one attached hydrogen (secondary N) is 1. The van der Waals surface area contributed by atoms with Crippen molar-refractivity contribution in [2.24, 2.45) is 0 Å². The molecule has 3 heterocycles. The summed E-state index contributed by atoms with van der Waals surface area (Å²) in [6.07, 6.45) is -10.8. The molecule has 3 fully saturated rings. The Morgan fingerprint density at radius 3 is 1.60 bits per heavy atom. The number of aliphatic hydroxyl groups is 11. The van der Waals surface area contributed by atoms with E-state index in [1.165, 1.54) is 32.1 Å². The van der Waals surface area contributed by atoms with Gasteiger partial charge >= 0.3 is 0 Å². The first-order valence-corrected chi connectivity index (χ1v) is 20.9. The molecule has 17 atom stereocenters. The molecule has 3 aliphatic heterocycles. The maximum absolute atomic E-state index is 12.9. The van der Waals surface area contributed by atoms with Crippen LogP contribution in [0.15, 0.2) is 12.2 Å². The number of aliphatic hydroxyl groups excluding tert-OH is 11. The summed E-state index contributed by atoms with van der Waals surface area (Å²) in [6, 6.07) is -0.959. The van der Waals surface area contributed by atoms with E-state index in [-0.39, 0.29) is 18.9 Å². The first kappa shape index (κ1) is 50.9. The summed E-state index contributed by atoms with van der Waals surface area (Å²) < 4.78 is 33.7. The van der Waals surface area contributed by atoms with E-state index in [1.54, 1.807) is 12.2 Å². The van der Waals surface area contributed by atoms with Crippen molar-refractivity contribution in [1.29, 1.82) is 0 Å². The van der Waals surface area contributed by atoms with Crippen LogP contribution in [0.5, 0.6) is 0 Å². The van der Waals surface area contributed by atoms with Gasteiger partial charge in [-0.05, 0) is 12.8 Å². The Balaban J connectivity index is 1.60. The minimum atomic E-state index is -1.97. The molecule has 0 radical (unpaired) electrons. The van der Waals surface area contributed by atoms with Crippen LogP contribution in [-0.2, 0) is 33.2 Å². The van der Waals surface area contributed by atoms with E-state index in [0.717, 1.165) is 32.1 Å². The Morgan fingerprint density at radius 1 is 0.603 bits per heavy atom. The van der Waals surface area contributed by atoms with Crippen molar-refractivity contribution in [3.8, 4) is 0 Å². The van der Waals surface area contributed by atoms with Gasteiger partial charge in [-0.3, -0.25) is 4.79 Å². The van der Waals surface area contributed by atoms with Crippen molar-refractivity contribution in [2.45, 2.75) is 202 Å². The standard InChI is InChI=1S/C39H71NO18/c1-3-5-7-9-10-11-12-13-15-17-27(45)40-22(23(44)16-14-8-6-4-2)21-53-37-33(51)30(48)35(25(19-42)55-37)58-39-34(52)31(49)36(26(20-43)56-39)57-38-32(50)29(47)28(46)24(18-41)54-38/h14,16,22-26,28-39,41-44,46-52H,3-13,15,17-21H2,1-2H3,(H,40,45)/b16-14+. The quantitative estimate of drug-likeness (QED) is 0.0330. The molecular formula is C39H71NO18. The van der Waals surface area contributed by atoms with E-state index in [4.69, 9.17) is 28.4 Å². The van der Waals surface area contributed by atoms with E-state index in [0.29, 0.717) is 12.8 Å². The summed E-state index contributed by atoms with van der Waals surface area (Å²) in [5.41, 5.74) is 0. The van der Waals surface area contributed by atoms with Gasteiger partial charge in [-0.15, -0.1) is 0 Å². The number of amides is 1. The van der Waals surface area contributed by atoms with E-state index >= 15 is 0 Å². The molecule has 19 nitrogen and oxygen atoms in total. The Hall–Kier alpha value is -1.47. The average Bonchev–Trinajstić information content (AvgIpc) is 3.22. The van der Waals surface area contributed by atoms with E-state index < -0.39 is 124 Å². The van der Waals surface area contributed by atoms with Crippen LogP contribution in [0.1, 0.15) is 97.3 Å². The molecule has 0 aromatic rings. The first-order chi connectivity index (χ1) is 27.8. The zero-order valence-corrected chi connectivity index (χ0v) is 33.8. The van der Waals surface area contributed by atoms with Gasteiger partial charge in [0.25, 0.3) is 0 Å². The fourth-order valence-electron chi connectivity index (χ4n) is 7.17. The summed E-state index contributed by atoms with van der Waals surface area (Å²) in [4.78, 5) is 12.9. The summed E-state index contributed by atoms with van der Waals surface area (Å²) in [7, 11) is 0. The van der Waals surface area contributed by atoms with Crippen LogP contribution in [0.2, 0.25) is 0 Å². The second-order valence-electron chi connectivity index (χ2n) is 15.5. The zero-order valence-electron chi connectivity index (χ0n) is 33.8. The Kier molecular flexibility index (Phi) is 23.5. The predicted octanol–water partition coefficient (Wildman–Crippen LogP) is -2.04. The van der Waals surface area contributed by atoms with Crippen molar-refractivity contribution in [3.63, 3.8) is 0 Å². The molecule has 0 aromatic heterocycles. The van der Waals surface area contributed by atoms with Crippen LogP contribution in [0.3, 0.4) is 0 Å². The fourth-order valence-corrected chi connectivity index (χ4v) is 7.17. The number of carbonyl (C=O) groups excluding carboxylic acids is 1. The summed E-state index contributed by atoms with van der Waals surface area (Å²) >= 11 is 0. The smallest absolute Gasteiger partial charge is 0.220 e. The minimum absolute atomic E-state index is 0.243. The molecule has 1 amide bonds. The second-order valence-corrected chi connectivity index (χ2v) is 15.5. The second kappa shape index (κ2) is 26.8. The van der Waals surface area contributed by atoms with Gasteiger partial charge < -0.3 is 89.9 Å². The van der Waals surface area contributed by atoms with Crippen LogP contribution >= 0.6 is 0 Å². The van der Waals surface area contributed by atoms with Crippen molar-refractivity contribution in [1.82, 2.24) is 5.32 Å². The molecule has 19 heteroatoms. The number of hydrogen-bond acceptors (Lipinski definition) is 18. The molecule has 3 saturated heterocycles. The van der Waals surface area contributed by atoms with Crippen LogP contribution in [0, 0.1) is 0 Å². The predicted molar refractivity (Wildman–Crippen MR) is 203 cm³/mol. The highest BCUT2D eigenvalue weighted by Crippen LogP contribution is 2.32. The van der Waals surface area contributed by atoms with E-state index in [1.807, 2.05) is 6.92 Å². The number of carbonyl (C=O) groups is 1. The number of hydrogen-bond donors (Lipinski definition) is 12. The fraction of sp³-hybridized carbons (Fsp3) is 0.923. The monoisotopic (exact) mass is 841 g/mol. The molecule has 0 saturated carbocycles. The van der Waals surface area contributed by atoms with Crippen LogP contribution < -0.4 is 5.32 Å². The normalized spacial score (nSPS) is 36.9. The van der Waals surface area contributed by atoms with Crippen molar-refractivity contribution < 1.29 is 89.4 Å². The van der Waals surface area contributed by atoms with Gasteiger partial charge in [0.15, 0.2) is 18.9 Å². The molecule has 58 heavy (non-hydrogen) atoms. The third kappa shape index (κ3) is 14.9. The molecule has 3 aliphatic rings. The molecular weight excluding hydrogens is 770 g/mol. The number of rotatable bonds is 26. The number of allylic oxidation sites excluding steroid dienone is 1. The third-order valence-electron chi connectivity index (χ3n) is 10.8. The minimum Gasteiger partial charge on any atom is -0.394 e. The van der Waals surface area contributed by atoms with Gasteiger partial charge in [0.1, 0.15) is 73.2 Å². The summed E-state index contributed by atoms with van der Waals surface area (Å²) in [6.45, 7) is 1.45. The van der Waals surface area contributed by atoms with Gasteiger partial charge in [0.05, 0.1) is 38.6 Å². The number of unbranched alkanes of at least 4 members (excludes halogenated alkanes) is 10. The lowest BCUT2D eigenvalue weighted by Crippen LogP contribution is -2.66. The number of ether oxygens (including phenoxy) is 6. The van der Waals surface area contributed by atoms with Crippen LogP contribution in [-0.4, -0.2) is 193 Å². The maximum Gasteiger partial charge on any atom is 0.220 e. The topological polar surface area (TPSA) is 307 Å². The molecule has 3 rings (SSSR count). The van der Waals surface area contributed by atoms with Gasteiger partial charge in [0.2, 0.25) is 5.91 Å². The molecule has 12 N–H and O–H groups in total. The SMILES string of the molecule is CCCC/C=C/C(O)C(COC1OC(CO)C(OC2OC(CO)C(OC3OC(CO)C(O)C(O)C3O)C(O)C2O)C(O)C1O)NC(=O)CCCCCCCCCCC. The largest absolute Gasteiger partial charge is 0.394 e. The Morgan fingerprint density at radius 2 is 1.07 bits per heavy atom. The molecule has 17 unspecified atom stereocenters. The molecule has 0 bridgehead atoms. The Labute approximate surface area is 340 Å². The lowest BCUT2D eigenvalue weighted by atomic mass is 9.96. The highest BCUT2D eigenvalue weighted by Gasteiger charge is 2.53. The first-order valence-electron chi connectivity index (χ1n) is 20.9. The van der Waals surface area contributed by atoms with Gasteiger partial charge in [-0.1, -0.05) is 90.2 Å². The maximum atomic E-state index is 12.9. The van der Waals surface area contributed by atoms with Gasteiger partial charge in [-0.2, -0.15) is 0 Å². The average molecular weight is 842 g/mol. The molecule has 0 aromatic carbocycles. The van der Waals surface area contributed by atoms with Gasteiger partial charge in [0, 0.05) is 6.42 Å². The lowest BCUT2D eigenvalue weighted by Gasteiger charge is -2.48. The Bertz CT molecular complexity index is 1150. The summed E-state index contributed by atoms with van der Waals surface area (Å²) in [5.74, 6) is -0.292.